The van der Waals surface area contributed by atoms with Crippen molar-refractivity contribution < 1.29 is 4.79 Å². The van der Waals surface area contributed by atoms with E-state index in [1.54, 1.807) is 19.2 Å². The lowest BCUT2D eigenvalue weighted by Crippen LogP contribution is -2.17. The van der Waals surface area contributed by atoms with Gasteiger partial charge in [-0.3, -0.25) is 9.48 Å². The summed E-state index contributed by atoms with van der Waals surface area (Å²) in [6.07, 6.45) is 4.27. The Labute approximate surface area is 148 Å². The number of carbonyl (C=O) groups is 1. The fraction of sp³-hybridized carbons (Fsp3) is 0.0588. The second-order valence-corrected chi connectivity index (χ2v) is 5.46. The van der Waals surface area contributed by atoms with Crippen LogP contribution < -0.4 is 5.32 Å². The summed E-state index contributed by atoms with van der Waals surface area (Å²) >= 11 is 0. The number of hydrogen-bond acceptors (Lipinski definition) is 6. The average molecular weight is 346 g/mol. The van der Waals surface area contributed by atoms with Gasteiger partial charge in [0.2, 0.25) is 0 Å². The van der Waals surface area contributed by atoms with Crippen molar-refractivity contribution in [1.82, 2.24) is 34.5 Å². The summed E-state index contributed by atoms with van der Waals surface area (Å²) in [6.45, 7) is 0. The predicted octanol–water partition coefficient (Wildman–Crippen LogP) is 1.71. The van der Waals surface area contributed by atoms with Crippen molar-refractivity contribution in [2.75, 3.05) is 5.32 Å². The third-order valence-electron chi connectivity index (χ3n) is 3.73. The van der Waals surface area contributed by atoms with E-state index in [0.717, 1.165) is 11.3 Å². The van der Waals surface area contributed by atoms with E-state index in [4.69, 9.17) is 0 Å². The first-order valence-electron chi connectivity index (χ1n) is 7.78. The molecular weight excluding hydrogens is 332 g/mol. The van der Waals surface area contributed by atoms with Crippen LogP contribution in [-0.4, -0.2) is 40.4 Å². The van der Waals surface area contributed by atoms with Crippen LogP contribution in [0.25, 0.3) is 17.1 Å². The maximum atomic E-state index is 12.6. The number of benzene rings is 1. The zero-order valence-electron chi connectivity index (χ0n) is 13.8. The van der Waals surface area contributed by atoms with Crippen LogP contribution in [0.3, 0.4) is 0 Å². The molecule has 4 rings (SSSR count). The van der Waals surface area contributed by atoms with Crippen molar-refractivity contribution in [1.29, 1.82) is 0 Å². The molecule has 9 nitrogen and oxygen atoms in total. The molecule has 0 aliphatic carbocycles. The van der Waals surface area contributed by atoms with Gasteiger partial charge in [0, 0.05) is 18.7 Å². The molecule has 0 atom stereocenters. The largest absolute Gasteiger partial charge is 0.305 e. The van der Waals surface area contributed by atoms with Crippen LogP contribution in [0.2, 0.25) is 0 Å². The highest BCUT2D eigenvalue weighted by Gasteiger charge is 2.15. The van der Waals surface area contributed by atoms with Crippen molar-refractivity contribution >= 4 is 11.7 Å². The van der Waals surface area contributed by atoms with Gasteiger partial charge in [0.15, 0.2) is 5.82 Å². The quantitative estimate of drug-likeness (QED) is 0.603. The van der Waals surface area contributed by atoms with E-state index < -0.39 is 0 Å². The number of aromatic nitrogens is 7. The van der Waals surface area contributed by atoms with Gasteiger partial charge < -0.3 is 5.32 Å². The second kappa shape index (κ2) is 6.55. The van der Waals surface area contributed by atoms with E-state index in [-0.39, 0.29) is 5.91 Å². The topological polar surface area (TPSA) is 103 Å². The molecule has 4 aromatic rings. The van der Waals surface area contributed by atoms with Crippen LogP contribution in [-0.2, 0) is 7.05 Å². The maximum absolute atomic E-state index is 12.6. The molecule has 0 unspecified atom stereocenters. The Hall–Kier alpha value is -3.88. The average Bonchev–Trinajstić information content (AvgIpc) is 3.32. The minimum Gasteiger partial charge on any atom is -0.305 e. The monoisotopic (exact) mass is 346 g/mol. The molecule has 0 saturated heterocycles. The van der Waals surface area contributed by atoms with Gasteiger partial charge in [-0.05, 0) is 6.07 Å². The van der Waals surface area contributed by atoms with E-state index in [1.807, 2.05) is 30.3 Å². The first kappa shape index (κ1) is 15.6. The number of nitrogens with zero attached hydrogens (tertiary/aromatic N) is 7. The molecule has 3 heterocycles. The van der Waals surface area contributed by atoms with Crippen LogP contribution in [0, 0.1) is 0 Å². The zero-order chi connectivity index (χ0) is 17.9. The van der Waals surface area contributed by atoms with Gasteiger partial charge in [-0.15, -0.1) is 0 Å². The summed E-state index contributed by atoms with van der Waals surface area (Å²) < 4.78 is 3.02. The highest BCUT2D eigenvalue weighted by atomic mass is 16.2. The molecule has 0 radical (unpaired) electrons. The molecule has 0 aliphatic rings. The molecule has 0 fully saturated rings. The third kappa shape index (κ3) is 3.05. The first-order valence-corrected chi connectivity index (χ1v) is 7.78. The van der Waals surface area contributed by atoms with Crippen molar-refractivity contribution in [2.24, 2.45) is 7.05 Å². The van der Waals surface area contributed by atoms with Crippen molar-refractivity contribution in [3.05, 3.63) is 67.1 Å². The van der Waals surface area contributed by atoms with Gasteiger partial charge in [0.25, 0.3) is 5.91 Å². The van der Waals surface area contributed by atoms with Gasteiger partial charge in [0.05, 0.1) is 5.69 Å². The van der Waals surface area contributed by atoms with Crippen LogP contribution >= 0.6 is 0 Å². The lowest BCUT2D eigenvalue weighted by Gasteiger charge is -2.05. The summed E-state index contributed by atoms with van der Waals surface area (Å²) in [7, 11) is 1.72. The minimum absolute atomic E-state index is 0.314. The van der Waals surface area contributed by atoms with E-state index in [0.29, 0.717) is 17.3 Å². The number of aryl methyl sites for hydroxylation is 1. The SMILES string of the molecule is Cn1nc(-c2ccccc2)cc1C(=O)Nc1cc(-n2cncn2)ncn1. The molecule has 0 saturated carbocycles. The summed E-state index contributed by atoms with van der Waals surface area (Å²) in [4.78, 5) is 24.7. The number of hydrogen-bond donors (Lipinski definition) is 1. The van der Waals surface area contributed by atoms with Crippen LogP contribution in [0.4, 0.5) is 5.82 Å². The number of anilines is 1. The van der Waals surface area contributed by atoms with Crippen LogP contribution in [0.1, 0.15) is 10.5 Å². The smallest absolute Gasteiger partial charge is 0.275 e. The first-order chi connectivity index (χ1) is 12.7. The summed E-state index contributed by atoms with van der Waals surface area (Å²) in [5.74, 6) is 0.547. The zero-order valence-corrected chi connectivity index (χ0v) is 13.8. The van der Waals surface area contributed by atoms with E-state index in [2.05, 4.69) is 30.5 Å². The molecular formula is C17H14N8O. The van der Waals surface area contributed by atoms with Crippen LogP contribution in [0.5, 0.6) is 0 Å². The Kier molecular flexibility index (Phi) is 3.94. The molecule has 1 amide bonds. The highest BCUT2D eigenvalue weighted by molar-refractivity contribution is 6.03. The van der Waals surface area contributed by atoms with Gasteiger partial charge in [-0.2, -0.15) is 10.2 Å². The van der Waals surface area contributed by atoms with Crippen LogP contribution in [0.15, 0.2) is 61.4 Å². The number of nitrogens with one attached hydrogen (secondary N) is 1. The number of rotatable bonds is 4. The fourth-order valence-corrected chi connectivity index (χ4v) is 2.48. The fourth-order valence-electron chi connectivity index (χ4n) is 2.48. The molecule has 0 spiro atoms. The van der Waals surface area contributed by atoms with Crippen molar-refractivity contribution in [3.63, 3.8) is 0 Å². The normalized spacial score (nSPS) is 10.7. The molecule has 26 heavy (non-hydrogen) atoms. The van der Waals surface area contributed by atoms with Crippen molar-refractivity contribution in [2.45, 2.75) is 0 Å². The minimum atomic E-state index is -0.314. The van der Waals surface area contributed by atoms with E-state index in [9.17, 15) is 4.79 Å². The summed E-state index contributed by atoms with van der Waals surface area (Å²) in [5, 5.41) is 11.2. The molecule has 3 aromatic heterocycles. The Morgan fingerprint density at radius 3 is 2.69 bits per heavy atom. The van der Waals surface area contributed by atoms with Gasteiger partial charge >= 0.3 is 0 Å². The molecule has 0 bridgehead atoms. The van der Waals surface area contributed by atoms with E-state index >= 15 is 0 Å². The molecule has 0 aliphatic heterocycles. The number of carbonyl (C=O) groups excluding carboxylic acids is 1. The summed E-state index contributed by atoms with van der Waals surface area (Å²) in [5.41, 5.74) is 2.09. The standard InChI is InChI=1S/C17H14N8O/c1-24-14(7-13(23-24)12-5-3-2-4-6-12)17(26)22-15-8-16(20-10-19-15)25-11-18-9-21-25/h2-11H,1H3,(H,19,20,22,26). The Bertz CT molecular complexity index is 1040. The Balaban J connectivity index is 1.58. The second-order valence-electron chi connectivity index (χ2n) is 5.46. The van der Waals surface area contributed by atoms with Crippen molar-refractivity contribution in [3.8, 4) is 17.1 Å². The van der Waals surface area contributed by atoms with Gasteiger partial charge in [-0.25, -0.2) is 19.6 Å². The Morgan fingerprint density at radius 1 is 1.08 bits per heavy atom. The molecule has 1 aromatic carbocycles. The summed E-state index contributed by atoms with van der Waals surface area (Å²) in [6, 6.07) is 13.0. The van der Waals surface area contributed by atoms with Gasteiger partial charge in [0.1, 0.15) is 30.5 Å². The predicted molar refractivity (Wildman–Crippen MR) is 93.5 cm³/mol. The maximum Gasteiger partial charge on any atom is 0.275 e. The van der Waals surface area contributed by atoms with Gasteiger partial charge in [-0.1, -0.05) is 30.3 Å². The highest BCUT2D eigenvalue weighted by Crippen LogP contribution is 2.19. The number of amides is 1. The lowest BCUT2D eigenvalue weighted by atomic mass is 10.1. The Morgan fingerprint density at radius 2 is 1.92 bits per heavy atom. The lowest BCUT2D eigenvalue weighted by molar-refractivity contribution is 0.101. The third-order valence-corrected chi connectivity index (χ3v) is 3.73. The molecule has 9 heteroatoms. The molecule has 128 valence electrons. The molecule has 1 N–H and O–H groups in total. The van der Waals surface area contributed by atoms with E-state index in [1.165, 1.54) is 28.3 Å².